The predicted molar refractivity (Wildman–Crippen MR) is 168 cm³/mol. The number of amides is 2. The summed E-state index contributed by atoms with van der Waals surface area (Å²) in [4.78, 5) is 42.1. The fourth-order valence-electron chi connectivity index (χ4n) is 6.08. The number of benzene rings is 2. The molecule has 244 valence electrons. The van der Waals surface area contributed by atoms with Gasteiger partial charge in [-0.3, -0.25) is 24.6 Å². The maximum absolute atomic E-state index is 14.5. The smallest absolute Gasteiger partial charge is 0.435 e. The van der Waals surface area contributed by atoms with Gasteiger partial charge in [0.05, 0.1) is 36.4 Å². The van der Waals surface area contributed by atoms with Crippen molar-refractivity contribution in [1.29, 1.82) is 0 Å². The quantitative estimate of drug-likeness (QED) is 0.233. The minimum Gasteiger partial charge on any atom is -0.497 e. The number of hydrogen-bond donors (Lipinski definition) is 1. The Kier molecular flexibility index (Phi) is 7.45. The Balaban J connectivity index is 1.38. The average molecular weight is 657 g/mol. The molecule has 6 aromatic rings. The van der Waals surface area contributed by atoms with E-state index in [0.717, 1.165) is 4.68 Å². The highest BCUT2D eigenvalue weighted by Gasteiger charge is 2.39. The third-order valence-electron chi connectivity index (χ3n) is 8.10. The molecule has 15 heteroatoms. The molecule has 0 unspecified atom stereocenters. The van der Waals surface area contributed by atoms with Gasteiger partial charge in [-0.25, -0.2) is 9.97 Å². The number of hydrogen-bond acceptors (Lipinski definition) is 8. The molecule has 0 aliphatic carbocycles. The normalized spacial score (nSPS) is 13.2. The lowest BCUT2D eigenvalue weighted by Gasteiger charge is -2.31. The number of rotatable bonds is 7. The van der Waals surface area contributed by atoms with Gasteiger partial charge in [-0.05, 0) is 60.4 Å². The number of nitrogens with zero attached hydrogens (tertiary/aromatic N) is 7. The molecule has 0 saturated heterocycles. The monoisotopic (exact) mass is 656 g/mol. The molecule has 2 amide bonds. The first-order valence-electron chi connectivity index (χ1n) is 14.7. The van der Waals surface area contributed by atoms with E-state index < -0.39 is 23.7 Å². The van der Waals surface area contributed by atoms with Crippen molar-refractivity contribution >= 4 is 34.4 Å². The molecule has 0 radical (unpaired) electrons. The highest BCUT2D eigenvalue weighted by Crippen LogP contribution is 2.41. The van der Waals surface area contributed by atoms with Crippen molar-refractivity contribution in [3.05, 3.63) is 101 Å². The first-order chi connectivity index (χ1) is 23.0. The van der Waals surface area contributed by atoms with Crippen molar-refractivity contribution in [3.8, 4) is 16.9 Å². The fourth-order valence-corrected chi connectivity index (χ4v) is 6.08. The Bertz CT molecular complexity index is 2190. The molecule has 1 aliphatic heterocycles. The summed E-state index contributed by atoms with van der Waals surface area (Å²) in [5, 5.41) is 6.79. The van der Waals surface area contributed by atoms with E-state index in [0.29, 0.717) is 44.7 Å². The summed E-state index contributed by atoms with van der Waals surface area (Å²) in [6.07, 6.45) is 4.50. The second-order valence-electron chi connectivity index (χ2n) is 11.3. The first kappa shape index (κ1) is 30.7. The van der Waals surface area contributed by atoms with Crippen LogP contribution in [0, 0.1) is 6.92 Å². The van der Waals surface area contributed by atoms with Crippen molar-refractivity contribution in [2.45, 2.75) is 26.1 Å². The lowest BCUT2D eigenvalue weighted by Crippen LogP contribution is -2.38. The molecule has 2 aromatic carbocycles. The van der Waals surface area contributed by atoms with Crippen LogP contribution in [0.25, 0.3) is 22.0 Å². The van der Waals surface area contributed by atoms with E-state index in [-0.39, 0.29) is 42.2 Å². The number of nitrogens with one attached hydrogen (secondary N) is 1. The van der Waals surface area contributed by atoms with E-state index in [2.05, 4.69) is 25.4 Å². The molecule has 0 bridgehead atoms. The van der Waals surface area contributed by atoms with E-state index in [9.17, 15) is 22.8 Å². The number of anilines is 2. The predicted octanol–water partition coefficient (Wildman–Crippen LogP) is 5.66. The van der Waals surface area contributed by atoms with Crippen LogP contribution >= 0.6 is 0 Å². The largest absolute Gasteiger partial charge is 0.497 e. The van der Waals surface area contributed by atoms with Crippen LogP contribution in [0.1, 0.15) is 43.2 Å². The topological polar surface area (TPSA) is 133 Å². The van der Waals surface area contributed by atoms with Crippen LogP contribution < -0.4 is 15.0 Å². The standard InChI is InChI=1S/C33H27F3N8O4/c1-18-10-27(24-13-20(47-3)14-25(28(24)39-18)30(45)40-32-38-6-9-48-32)44-7-4-21-22(26-16-42(2)41-29(26)33(34,35)36)11-19(12-23(21)31(44)46)15-43-8-5-37-17-43/h5-6,8-14,16-17H,4,7,15H2,1-3H3,(H,38,40,45). The first-order valence-corrected chi connectivity index (χ1v) is 14.7. The van der Waals surface area contributed by atoms with Gasteiger partial charge in [0.1, 0.15) is 12.0 Å². The number of pyridine rings is 1. The summed E-state index contributed by atoms with van der Waals surface area (Å²) in [5.41, 5.74) is 2.00. The molecule has 0 atom stereocenters. The van der Waals surface area contributed by atoms with E-state index in [1.807, 2.05) is 0 Å². The van der Waals surface area contributed by atoms with Gasteiger partial charge in [0.25, 0.3) is 11.8 Å². The molecular weight excluding hydrogens is 629 g/mol. The van der Waals surface area contributed by atoms with Crippen LogP contribution in [0.15, 0.2) is 72.1 Å². The molecule has 0 spiro atoms. The molecule has 48 heavy (non-hydrogen) atoms. The summed E-state index contributed by atoms with van der Waals surface area (Å²) >= 11 is 0. The van der Waals surface area contributed by atoms with Crippen LogP contribution in [-0.4, -0.2) is 54.8 Å². The molecule has 1 N–H and O–H groups in total. The number of methoxy groups -OCH3 is 1. The van der Waals surface area contributed by atoms with E-state index in [1.54, 1.807) is 59.4 Å². The molecule has 0 fully saturated rings. The molecule has 7 rings (SSSR count). The SMILES string of the molecule is COc1cc(C(=O)Nc2ncco2)c2nc(C)cc(N3CCc4c(cc(Cn5ccnc5)cc4-c4cn(C)nc4C(F)(F)F)C3=O)c2c1. The number of carbonyl (C=O) groups is 2. The number of alkyl halides is 3. The number of fused-ring (bicyclic) bond motifs is 2. The number of ether oxygens (including phenoxy) is 1. The number of oxazole rings is 1. The summed E-state index contributed by atoms with van der Waals surface area (Å²) in [6.45, 7) is 2.16. The van der Waals surface area contributed by atoms with Crippen molar-refractivity contribution in [2.75, 3.05) is 23.9 Å². The summed E-state index contributed by atoms with van der Waals surface area (Å²) < 4.78 is 56.1. The molecule has 12 nitrogen and oxygen atoms in total. The molecule has 1 aliphatic rings. The van der Waals surface area contributed by atoms with Gasteiger partial charge in [0, 0.05) is 60.9 Å². The van der Waals surface area contributed by atoms with Gasteiger partial charge in [-0.15, -0.1) is 0 Å². The summed E-state index contributed by atoms with van der Waals surface area (Å²) in [7, 11) is 2.88. The third kappa shape index (κ3) is 5.52. The van der Waals surface area contributed by atoms with Crippen molar-refractivity contribution in [2.24, 2.45) is 7.05 Å². The molecule has 0 saturated carbocycles. The van der Waals surface area contributed by atoms with Crippen molar-refractivity contribution in [3.63, 3.8) is 0 Å². The Morgan fingerprint density at radius 3 is 2.62 bits per heavy atom. The molecular formula is C33H27F3N8O4. The average Bonchev–Trinajstić information content (AvgIpc) is 3.83. The van der Waals surface area contributed by atoms with Gasteiger partial charge in [-0.1, -0.05) is 0 Å². The lowest BCUT2D eigenvalue weighted by atomic mass is 9.87. The number of aromatic nitrogens is 6. The van der Waals surface area contributed by atoms with Gasteiger partial charge < -0.3 is 18.6 Å². The Morgan fingerprint density at radius 1 is 1.10 bits per heavy atom. The van der Waals surface area contributed by atoms with Crippen molar-refractivity contribution < 1.29 is 31.9 Å². The number of carbonyl (C=O) groups excluding carboxylic acids is 2. The number of halogens is 3. The Hall–Kier alpha value is -5.99. The van der Waals surface area contributed by atoms with Crippen molar-refractivity contribution in [1.82, 2.24) is 29.3 Å². The van der Waals surface area contributed by atoms with Crippen LogP contribution in [0.3, 0.4) is 0 Å². The van der Waals surface area contributed by atoms with Gasteiger partial charge >= 0.3 is 12.2 Å². The summed E-state index contributed by atoms with van der Waals surface area (Å²) in [5.74, 6) is -0.618. The zero-order valence-electron chi connectivity index (χ0n) is 25.9. The fraction of sp³-hybridized carbons (Fsp3) is 0.212. The number of imidazole rings is 1. The molecule has 4 aromatic heterocycles. The van der Waals surface area contributed by atoms with Crippen LogP contribution in [0.4, 0.5) is 24.9 Å². The van der Waals surface area contributed by atoms with E-state index in [1.165, 1.54) is 38.9 Å². The zero-order valence-corrected chi connectivity index (χ0v) is 25.9. The maximum Gasteiger partial charge on any atom is 0.435 e. The van der Waals surface area contributed by atoms with Crippen LogP contribution in [-0.2, 0) is 26.2 Å². The minimum absolute atomic E-state index is 0.00346. The van der Waals surface area contributed by atoms with Crippen LogP contribution in [0.2, 0.25) is 0 Å². The zero-order chi connectivity index (χ0) is 33.7. The highest BCUT2D eigenvalue weighted by atomic mass is 19.4. The van der Waals surface area contributed by atoms with Crippen LogP contribution in [0.5, 0.6) is 5.75 Å². The third-order valence-corrected chi connectivity index (χ3v) is 8.10. The molecule has 5 heterocycles. The van der Waals surface area contributed by atoms with E-state index >= 15 is 0 Å². The maximum atomic E-state index is 14.5. The second-order valence-corrected chi connectivity index (χ2v) is 11.3. The van der Waals surface area contributed by atoms with Gasteiger partial charge in [0.2, 0.25) is 0 Å². The highest BCUT2D eigenvalue weighted by molar-refractivity contribution is 6.17. The van der Waals surface area contributed by atoms with Gasteiger partial charge in [0.15, 0.2) is 5.69 Å². The Morgan fingerprint density at radius 2 is 1.92 bits per heavy atom. The number of aryl methyl sites for hydroxylation is 2. The lowest BCUT2D eigenvalue weighted by molar-refractivity contribution is -0.141. The van der Waals surface area contributed by atoms with E-state index in [4.69, 9.17) is 9.15 Å². The summed E-state index contributed by atoms with van der Waals surface area (Å²) in [6, 6.07) is 8.35. The Labute approximate surface area is 270 Å². The minimum atomic E-state index is -4.71. The second kappa shape index (κ2) is 11.7. The van der Waals surface area contributed by atoms with Gasteiger partial charge in [-0.2, -0.15) is 18.3 Å².